The van der Waals surface area contributed by atoms with Gasteiger partial charge in [0.2, 0.25) is 0 Å². The molecule has 0 atom stereocenters. The molecule has 1 heterocycles. The summed E-state index contributed by atoms with van der Waals surface area (Å²) in [7, 11) is 0. The van der Waals surface area contributed by atoms with Gasteiger partial charge in [0.15, 0.2) is 0 Å². The summed E-state index contributed by atoms with van der Waals surface area (Å²) in [5, 5.41) is 10.1. The molecule has 0 aromatic carbocycles. The smallest absolute Gasteiger partial charge is 0.0529 e. The maximum absolute atomic E-state index is 5.14. The largest absolute Gasteiger partial charge is 0.330 e. The number of rotatable bonds is 2. The summed E-state index contributed by atoms with van der Waals surface area (Å²) in [6.45, 7) is 2.98. The van der Waals surface area contributed by atoms with Gasteiger partial charge in [-0.1, -0.05) is 13.3 Å². The van der Waals surface area contributed by atoms with Crippen molar-refractivity contribution in [2.24, 2.45) is 5.73 Å². The molecule has 4 nitrogen and oxygen atoms in total. The highest BCUT2D eigenvalue weighted by Gasteiger charge is 1.68. The number of nitrogens with two attached hydrogens (primary N) is 1. The van der Waals surface area contributed by atoms with Crippen molar-refractivity contribution < 1.29 is 0 Å². The number of hydrogen-bond donors (Lipinski definition) is 1. The predicted octanol–water partition coefficient (Wildman–Crippen LogP) is 0.617. The highest BCUT2D eigenvalue weighted by molar-refractivity contribution is 4.69. The number of unbranched alkanes of at least 4 members (excludes halogenated alkanes) is 1. The van der Waals surface area contributed by atoms with Gasteiger partial charge in [-0.3, -0.25) is 0 Å². The van der Waals surface area contributed by atoms with Crippen LogP contribution in [0.3, 0.4) is 0 Å². The van der Waals surface area contributed by atoms with Crippen LogP contribution in [0.4, 0.5) is 0 Å². The molecule has 2 N–H and O–H groups in total. The van der Waals surface area contributed by atoms with Crippen LogP contribution in [0.25, 0.3) is 0 Å². The Hall–Kier alpha value is -1.03. The van der Waals surface area contributed by atoms with Gasteiger partial charge >= 0.3 is 0 Å². The Labute approximate surface area is 66.8 Å². The van der Waals surface area contributed by atoms with Gasteiger partial charge in [0.1, 0.15) is 0 Å². The van der Waals surface area contributed by atoms with E-state index in [1.807, 2.05) is 0 Å². The minimum Gasteiger partial charge on any atom is -0.330 e. The summed E-state index contributed by atoms with van der Waals surface area (Å²) >= 11 is 0. The quantitative estimate of drug-likeness (QED) is 0.678. The maximum atomic E-state index is 5.14. The lowest BCUT2D eigenvalue weighted by atomic mass is 10.3. The molecule has 0 unspecified atom stereocenters. The van der Waals surface area contributed by atoms with Crippen LogP contribution < -0.4 is 5.73 Å². The second-order valence-corrected chi connectivity index (χ2v) is 1.95. The summed E-state index contributed by atoms with van der Waals surface area (Å²) in [6, 6.07) is 1.72. The molecule has 0 aliphatic heterocycles. The molecule has 0 aliphatic carbocycles. The molecule has 1 aromatic heterocycles. The van der Waals surface area contributed by atoms with Crippen LogP contribution in [0.5, 0.6) is 0 Å². The first-order valence-electron chi connectivity index (χ1n) is 3.70. The van der Waals surface area contributed by atoms with Crippen molar-refractivity contribution in [3.63, 3.8) is 0 Å². The Morgan fingerprint density at radius 2 is 1.91 bits per heavy atom. The molecular weight excluding hydrogens is 140 g/mol. The Balaban J connectivity index is 0.000000187. The maximum Gasteiger partial charge on any atom is 0.0529 e. The molecule has 0 fully saturated rings. The van der Waals surface area contributed by atoms with Gasteiger partial charge in [-0.05, 0) is 24.2 Å². The van der Waals surface area contributed by atoms with E-state index in [-0.39, 0.29) is 0 Å². The third-order valence-electron chi connectivity index (χ3n) is 0.966. The molecule has 0 aliphatic rings. The van der Waals surface area contributed by atoms with E-state index in [4.69, 9.17) is 5.73 Å². The predicted molar refractivity (Wildman–Crippen MR) is 43.8 cm³/mol. The molecule has 62 valence electrons. The topological polar surface area (TPSA) is 64.7 Å². The summed E-state index contributed by atoms with van der Waals surface area (Å²) in [6.07, 6.45) is 5.54. The van der Waals surface area contributed by atoms with Gasteiger partial charge in [-0.2, -0.15) is 0 Å². The zero-order valence-electron chi connectivity index (χ0n) is 6.77. The van der Waals surface area contributed by atoms with Gasteiger partial charge in [0, 0.05) is 0 Å². The van der Waals surface area contributed by atoms with E-state index in [2.05, 4.69) is 22.3 Å². The normalized spacial score (nSPS) is 8.18. The number of nitrogens with zero attached hydrogens (tertiary/aromatic N) is 3. The van der Waals surface area contributed by atoms with E-state index in [0.717, 1.165) is 6.54 Å². The molecule has 0 amide bonds. The van der Waals surface area contributed by atoms with Crippen molar-refractivity contribution in [3.8, 4) is 0 Å². The summed E-state index contributed by atoms with van der Waals surface area (Å²) in [5.41, 5.74) is 5.14. The third kappa shape index (κ3) is 8.97. The first-order valence-corrected chi connectivity index (χ1v) is 3.70. The summed E-state index contributed by atoms with van der Waals surface area (Å²) < 4.78 is 0. The minimum absolute atomic E-state index is 0.844. The van der Waals surface area contributed by atoms with Gasteiger partial charge in [0.05, 0.1) is 12.4 Å². The van der Waals surface area contributed by atoms with E-state index in [1.165, 1.54) is 12.8 Å². The Morgan fingerprint density at radius 1 is 1.27 bits per heavy atom. The van der Waals surface area contributed by atoms with E-state index >= 15 is 0 Å². The number of hydrogen-bond acceptors (Lipinski definition) is 4. The van der Waals surface area contributed by atoms with Crippen LogP contribution in [0.2, 0.25) is 0 Å². The molecule has 4 heteroatoms. The van der Waals surface area contributed by atoms with Crippen molar-refractivity contribution in [1.29, 1.82) is 0 Å². The summed E-state index contributed by atoms with van der Waals surface area (Å²) in [4.78, 5) is 0. The molecule has 1 rings (SSSR count). The van der Waals surface area contributed by atoms with Crippen molar-refractivity contribution in [2.45, 2.75) is 19.8 Å². The molecular formula is C7H14N4. The van der Waals surface area contributed by atoms with Crippen molar-refractivity contribution >= 4 is 0 Å². The zero-order valence-corrected chi connectivity index (χ0v) is 6.77. The molecule has 1 aromatic rings. The first kappa shape index (κ1) is 9.97. The summed E-state index contributed by atoms with van der Waals surface area (Å²) in [5.74, 6) is 0. The second kappa shape index (κ2) is 8.97. The van der Waals surface area contributed by atoms with E-state index in [0.29, 0.717) is 0 Å². The average Bonchev–Trinajstić information content (AvgIpc) is 2.10. The third-order valence-corrected chi connectivity index (χ3v) is 0.966. The molecule has 0 spiro atoms. The molecule has 11 heavy (non-hydrogen) atoms. The highest BCUT2D eigenvalue weighted by atomic mass is 15.3. The van der Waals surface area contributed by atoms with E-state index in [1.54, 1.807) is 18.5 Å². The van der Waals surface area contributed by atoms with E-state index in [9.17, 15) is 0 Å². The minimum atomic E-state index is 0.844. The van der Waals surface area contributed by atoms with Gasteiger partial charge in [-0.15, -0.1) is 10.2 Å². The molecule has 0 saturated heterocycles. The van der Waals surface area contributed by atoms with Gasteiger partial charge < -0.3 is 5.73 Å². The molecule has 0 radical (unpaired) electrons. The van der Waals surface area contributed by atoms with E-state index < -0.39 is 0 Å². The van der Waals surface area contributed by atoms with Crippen molar-refractivity contribution in [2.75, 3.05) is 6.54 Å². The fraction of sp³-hybridized carbons (Fsp3) is 0.571. The first-order chi connectivity index (χ1) is 5.41. The zero-order chi connectivity index (χ0) is 8.36. The van der Waals surface area contributed by atoms with Crippen molar-refractivity contribution in [3.05, 3.63) is 18.5 Å². The second-order valence-electron chi connectivity index (χ2n) is 1.95. The fourth-order valence-corrected chi connectivity index (χ4v) is 0.409. The van der Waals surface area contributed by atoms with Gasteiger partial charge in [-0.25, -0.2) is 0 Å². The lowest BCUT2D eigenvalue weighted by molar-refractivity contribution is 0.807. The lowest BCUT2D eigenvalue weighted by Crippen LogP contribution is -1.95. The molecule has 0 bridgehead atoms. The highest BCUT2D eigenvalue weighted by Crippen LogP contribution is 1.77. The average molecular weight is 154 g/mol. The van der Waals surface area contributed by atoms with Crippen molar-refractivity contribution in [1.82, 2.24) is 15.4 Å². The lowest BCUT2D eigenvalue weighted by Gasteiger charge is -1.80. The standard InChI is InChI=1S/C4H11N.C3H3N3/c1-2-3-4-5;1-2-4-6-5-3-1/h2-5H2,1H3;1-3H. The SMILES string of the molecule is CCCCN.c1cnnnc1. The fourth-order valence-electron chi connectivity index (χ4n) is 0.409. The molecule has 0 saturated carbocycles. The van der Waals surface area contributed by atoms with Crippen LogP contribution in [0.1, 0.15) is 19.8 Å². The van der Waals surface area contributed by atoms with Crippen LogP contribution in [-0.2, 0) is 0 Å². The Morgan fingerprint density at radius 3 is 2.00 bits per heavy atom. The van der Waals surface area contributed by atoms with Crippen LogP contribution in [-0.4, -0.2) is 22.0 Å². The van der Waals surface area contributed by atoms with Crippen LogP contribution >= 0.6 is 0 Å². The van der Waals surface area contributed by atoms with Crippen LogP contribution in [0, 0.1) is 0 Å². The van der Waals surface area contributed by atoms with Gasteiger partial charge in [0.25, 0.3) is 0 Å². The monoisotopic (exact) mass is 154 g/mol. The number of aromatic nitrogens is 3. The van der Waals surface area contributed by atoms with Crippen LogP contribution in [0.15, 0.2) is 18.5 Å². The Bertz CT molecular complexity index is 114. The Kier molecular flexibility index (Phi) is 8.13.